The molecule has 2 aromatic carbocycles. The van der Waals surface area contributed by atoms with Crippen LogP contribution in [0.4, 0.5) is 4.39 Å². The van der Waals surface area contributed by atoms with E-state index in [9.17, 15) is 9.18 Å². The lowest BCUT2D eigenvalue weighted by atomic mass is 10.0. The van der Waals surface area contributed by atoms with Crippen LogP contribution >= 0.6 is 27.5 Å². The fourth-order valence-corrected chi connectivity index (χ4v) is 2.52. The molecule has 0 heterocycles. The first-order valence-electron chi connectivity index (χ1n) is 6.53. The second kappa shape index (κ2) is 7.05. The minimum atomic E-state index is -0.555. The fourth-order valence-electron chi connectivity index (χ4n) is 2.03. The molecule has 110 valence electrons. The van der Waals surface area contributed by atoms with Gasteiger partial charge < -0.3 is 5.32 Å². The Morgan fingerprint density at radius 1 is 1.29 bits per heavy atom. The zero-order valence-electron chi connectivity index (χ0n) is 11.4. The van der Waals surface area contributed by atoms with Gasteiger partial charge in [-0.15, -0.1) is 0 Å². The van der Waals surface area contributed by atoms with Gasteiger partial charge in [0.25, 0.3) is 5.91 Å². The Kier molecular flexibility index (Phi) is 5.37. The molecule has 0 aromatic heterocycles. The van der Waals surface area contributed by atoms with Crippen molar-refractivity contribution in [3.05, 3.63) is 68.9 Å². The molecule has 0 aliphatic carbocycles. The standard InChI is InChI=1S/C16H14BrClFNO/c1-2-14(10-6-8-11(18)9-7-10)20-16(21)12-4-3-5-13(17)15(12)19/h3-9,14H,2H2,1H3,(H,20,21). The van der Waals surface area contributed by atoms with E-state index in [2.05, 4.69) is 21.2 Å². The van der Waals surface area contributed by atoms with Gasteiger partial charge in [0.2, 0.25) is 0 Å². The minimum absolute atomic E-state index is 0.0248. The summed E-state index contributed by atoms with van der Waals surface area (Å²) >= 11 is 8.94. The maximum Gasteiger partial charge on any atom is 0.254 e. The van der Waals surface area contributed by atoms with Crippen LogP contribution in [0, 0.1) is 5.82 Å². The molecule has 0 bridgehead atoms. The third kappa shape index (κ3) is 3.83. The average molecular weight is 371 g/mol. The second-order valence-corrected chi connectivity index (χ2v) is 5.88. The van der Waals surface area contributed by atoms with E-state index in [-0.39, 0.29) is 16.1 Å². The number of benzene rings is 2. The summed E-state index contributed by atoms with van der Waals surface area (Å²) in [5.41, 5.74) is 0.961. The lowest BCUT2D eigenvalue weighted by Gasteiger charge is -2.18. The summed E-state index contributed by atoms with van der Waals surface area (Å²) in [4.78, 5) is 12.2. The molecule has 1 unspecified atom stereocenters. The van der Waals surface area contributed by atoms with Gasteiger partial charge in [-0.3, -0.25) is 4.79 Å². The van der Waals surface area contributed by atoms with Gasteiger partial charge >= 0.3 is 0 Å². The summed E-state index contributed by atoms with van der Waals surface area (Å²) in [7, 11) is 0. The van der Waals surface area contributed by atoms with Crippen LogP contribution < -0.4 is 5.32 Å². The van der Waals surface area contributed by atoms with Crippen molar-refractivity contribution in [2.75, 3.05) is 0 Å². The van der Waals surface area contributed by atoms with Crippen LogP contribution in [0.3, 0.4) is 0 Å². The quantitative estimate of drug-likeness (QED) is 0.795. The number of hydrogen-bond acceptors (Lipinski definition) is 1. The number of carbonyl (C=O) groups is 1. The molecule has 0 saturated heterocycles. The Hall–Kier alpha value is -1.39. The third-order valence-corrected chi connectivity index (χ3v) is 4.05. The normalized spacial score (nSPS) is 12.0. The molecule has 5 heteroatoms. The van der Waals surface area contributed by atoms with Gasteiger partial charge in [-0.25, -0.2) is 4.39 Å². The first-order chi connectivity index (χ1) is 10.0. The summed E-state index contributed by atoms with van der Waals surface area (Å²) in [6.45, 7) is 1.96. The molecule has 1 atom stereocenters. The largest absolute Gasteiger partial charge is 0.345 e. The van der Waals surface area contributed by atoms with E-state index in [1.807, 2.05) is 19.1 Å². The Labute approximate surface area is 136 Å². The molecule has 21 heavy (non-hydrogen) atoms. The molecule has 2 rings (SSSR count). The summed E-state index contributed by atoms with van der Waals surface area (Å²) in [5.74, 6) is -0.989. The first-order valence-corrected chi connectivity index (χ1v) is 7.70. The number of carbonyl (C=O) groups excluding carboxylic acids is 1. The zero-order valence-corrected chi connectivity index (χ0v) is 13.7. The Bertz CT molecular complexity index is 645. The van der Waals surface area contributed by atoms with Crippen molar-refractivity contribution in [1.82, 2.24) is 5.32 Å². The molecular weight excluding hydrogens is 357 g/mol. The number of hydrogen-bond donors (Lipinski definition) is 1. The van der Waals surface area contributed by atoms with Gasteiger partial charge in [0, 0.05) is 5.02 Å². The third-order valence-electron chi connectivity index (χ3n) is 3.18. The molecule has 1 N–H and O–H groups in total. The van der Waals surface area contributed by atoms with Crippen LogP contribution in [0.2, 0.25) is 5.02 Å². The average Bonchev–Trinajstić information content (AvgIpc) is 2.48. The van der Waals surface area contributed by atoms with E-state index < -0.39 is 11.7 Å². The number of nitrogens with one attached hydrogen (secondary N) is 1. The fraction of sp³-hybridized carbons (Fsp3) is 0.188. The zero-order chi connectivity index (χ0) is 15.4. The lowest BCUT2D eigenvalue weighted by Crippen LogP contribution is -2.28. The molecule has 2 aromatic rings. The molecule has 0 fully saturated rings. The Morgan fingerprint density at radius 3 is 2.57 bits per heavy atom. The second-order valence-electron chi connectivity index (χ2n) is 4.59. The predicted molar refractivity (Wildman–Crippen MR) is 86.1 cm³/mol. The van der Waals surface area contributed by atoms with E-state index >= 15 is 0 Å². The first kappa shape index (κ1) is 16.0. The van der Waals surface area contributed by atoms with Crippen molar-refractivity contribution in [2.24, 2.45) is 0 Å². The molecule has 0 aliphatic rings. The Morgan fingerprint density at radius 2 is 1.95 bits per heavy atom. The van der Waals surface area contributed by atoms with Crippen molar-refractivity contribution in [2.45, 2.75) is 19.4 Å². The van der Waals surface area contributed by atoms with Gasteiger partial charge in [-0.1, -0.05) is 36.7 Å². The monoisotopic (exact) mass is 369 g/mol. The van der Waals surface area contributed by atoms with Crippen molar-refractivity contribution in [1.29, 1.82) is 0 Å². The van der Waals surface area contributed by atoms with E-state index in [0.717, 1.165) is 5.56 Å². The molecule has 1 amide bonds. The number of halogens is 3. The van der Waals surface area contributed by atoms with Crippen LogP contribution in [0.15, 0.2) is 46.9 Å². The highest BCUT2D eigenvalue weighted by atomic mass is 79.9. The highest BCUT2D eigenvalue weighted by molar-refractivity contribution is 9.10. The SMILES string of the molecule is CCC(NC(=O)c1cccc(Br)c1F)c1ccc(Cl)cc1. The molecule has 0 spiro atoms. The van der Waals surface area contributed by atoms with Gasteiger partial charge in [0.1, 0.15) is 5.82 Å². The van der Waals surface area contributed by atoms with Crippen molar-refractivity contribution in [3.63, 3.8) is 0 Å². The molecule has 0 radical (unpaired) electrons. The topological polar surface area (TPSA) is 29.1 Å². The summed E-state index contributed by atoms with van der Waals surface area (Å²) in [6, 6.07) is 11.7. The molecule has 2 nitrogen and oxygen atoms in total. The van der Waals surface area contributed by atoms with Crippen LogP contribution in [-0.2, 0) is 0 Å². The summed E-state index contributed by atoms with van der Waals surface area (Å²) in [6.07, 6.45) is 0.697. The maximum atomic E-state index is 13.9. The molecule has 0 saturated carbocycles. The van der Waals surface area contributed by atoms with E-state index in [1.165, 1.54) is 6.07 Å². The van der Waals surface area contributed by atoms with E-state index in [0.29, 0.717) is 11.4 Å². The van der Waals surface area contributed by atoms with Crippen molar-refractivity contribution in [3.8, 4) is 0 Å². The van der Waals surface area contributed by atoms with Crippen molar-refractivity contribution < 1.29 is 9.18 Å². The van der Waals surface area contributed by atoms with Gasteiger partial charge in [0.05, 0.1) is 16.1 Å². The minimum Gasteiger partial charge on any atom is -0.345 e. The highest BCUT2D eigenvalue weighted by Crippen LogP contribution is 2.22. The highest BCUT2D eigenvalue weighted by Gasteiger charge is 2.18. The molecular formula is C16H14BrClFNO. The maximum absolute atomic E-state index is 13.9. The smallest absolute Gasteiger partial charge is 0.254 e. The number of amides is 1. The Balaban J connectivity index is 2.20. The molecule has 0 aliphatic heterocycles. The number of rotatable bonds is 4. The van der Waals surface area contributed by atoms with E-state index in [4.69, 9.17) is 11.6 Å². The summed E-state index contributed by atoms with van der Waals surface area (Å²) in [5, 5.41) is 3.48. The predicted octanol–water partition coefficient (Wildman–Crippen LogP) is 5.12. The van der Waals surface area contributed by atoms with Crippen molar-refractivity contribution >= 4 is 33.4 Å². The van der Waals surface area contributed by atoms with Gasteiger partial charge in [-0.05, 0) is 52.2 Å². The lowest BCUT2D eigenvalue weighted by molar-refractivity contribution is 0.0931. The van der Waals surface area contributed by atoms with Crippen LogP contribution in [-0.4, -0.2) is 5.91 Å². The van der Waals surface area contributed by atoms with Crippen LogP contribution in [0.25, 0.3) is 0 Å². The van der Waals surface area contributed by atoms with Gasteiger partial charge in [-0.2, -0.15) is 0 Å². The van der Waals surface area contributed by atoms with Crippen LogP contribution in [0.5, 0.6) is 0 Å². The van der Waals surface area contributed by atoms with E-state index in [1.54, 1.807) is 24.3 Å². The van der Waals surface area contributed by atoms with Gasteiger partial charge in [0.15, 0.2) is 0 Å². The summed E-state index contributed by atoms with van der Waals surface area (Å²) < 4.78 is 14.2. The van der Waals surface area contributed by atoms with Crippen LogP contribution in [0.1, 0.15) is 35.3 Å².